The Hall–Kier alpha value is -1.40. The van der Waals surface area contributed by atoms with Gasteiger partial charge in [-0.25, -0.2) is 0 Å². The molecule has 0 aliphatic rings. The van der Waals surface area contributed by atoms with Crippen molar-refractivity contribution in [3.63, 3.8) is 0 Å². The molecule has 0 radical (unpaired) electrons. The van der Waals surface area contributed by atoms with E-state index in [0.717, 1.165) is 38.5 Å². The first-order chi connectivity index (χ1) is 32.5. The number of carbonyl (C=O) groups is 2. The first-order valence-corrected chi connectivity index (χ1v) is 29.9. The molecule has 0 aromatic heterocycles. The average Bonchev–Trinajstić information content (AvgIpc) is 3.32. The molecule has 0 rings (SSSR count). The second-order valence-electron chi connectivity index (χ2n) is 20.7. The van der Waals surface area contributed by atoms with Gasteiger partial charge in [0.25, 0.3) is 0 Å². The lowest BCUT2D eigenvalue weighted by atomic mass is 10.0. The van der Waals surface area contributed by atoms with E-state index in [1.54, 1.807) is 0 Å². The van der Waals surface area contributed by atoms with Gasteiger partial charge in [0.15, 0.2) is 0 Å². The number of hydrogen-bond acceptors (Lipinski definition) is 5. The number of esters is 1. The lowest BCUT2D eigenvalue weighted by Gasteiger charge is -2.22. The number of aliphatic hydroxyl groups excluding tert-OH is 2. The minimum Gasteiger partial charge on any atom is -0.466 e. The van der Waals surface area contributed by atoms with Gasteiger partial charge < -0.3 is 20.3 Å². The zero-order valence-electron chi connectivity index (χ0n) is 44.7. The van der Waals surface area contributed by atoms with E-state index in [1.165, 1.54) is 263 Å². The van der Waals surface area contributed by atoms with Gasteiger partial charge >= 0.3 is 5.97 Å². The van der Waals surface area contributed by atoms with Crippen molar-refractivity contribution in [3.8, 4) is 0 Å². The second kappa shape index (κ2) is 56.2. The number of aliphatic hydroxyl groups is 2. The SMILES string of the molecule is CCCCCCCCCCCCCCCCCC(O)C(CO)NC(=O)CCCCCCCCC/C=C\CCCCCCCCCCCOC(=O)CCCCCCCCCCCCCCCC. The van der Waals surface area contributed by atoms with Gasteiger partial charge in [0.2, 0.25) is 5.91 Å². The Morgan fingerprint density at radius 3 is 1.08 bits per heavy atom. The molecule has 0 aliphatic heterocycles. The number of hydrogen-bond donors (Lipinski definition) is 3. The largest absolute Gasteiger partial charge is 0.466 e. The number of rotatable bonds is 56. The summed E-state index contributed by atoms with van der Waals surface area (Å²) in [6.45, 7) is 4.97. The van der Waals surface area contributed by atoms with Gasteiger partial charge in [-0.15, -0.1) is 0 Å². The Bertz CT molecular complexity index is 986. The van der Waals surface area contributed by atoms with E-state index in [2.05, 4.69) is 31.3 Å². The molecule has 392 valence electrons. The highest BCUT2D eigenvalue weighted by atomic mass is 16.5. The lowest BCUT2D eigenvalue weighted by Crippen LogP contribution is -2.45. The van der Waals surface area contributed by atoms with Crippen LogP contribution in [0.25, 0.3) is 0 Å². The van der Waals surface area contributed by atoms with E-state index in [4.69, 9.17) is 4.74 Å². The molecule has 0 aromatic carbocycles. The van der Waals surface area contributed by atoms with Gasteiger partial charge in [-0.1, -0.05) is 283 Å². The summed E-state index contributed by atoms with van der Waals surface area (Å²) >= 11 is 0. The van der Waals surface area contributed by atoms with Crippen molar-refractivity contribution in [2.75, 3.05) is 13.2 Å². The molecule has 0 saturated heterocycles. The quantitative estimate of drug-likeness (QED) is 0.0321. The third-order valence-corrected chi connectivity index (χ3v) is 14.1. The van der Waals surface area contributed by atoms with E-state index >= 15 is 0 Å². The number of ether oxygens (including phenoxy) is 1. The fourth-order valence-corrected chi connectivity index (χ4v) is 9.46. The van der Waals surface area contributed by atoms with Gasteiger partial charge in [0.05, 0.1) is 25.4 Å². The fourth-order valence-electron chi connectivity index (χ4n) is 9.46. The maximum Gasteiger partial charge on any atom is 0.305 e. The average molecular weight is 933 g/mol. The van der Waals surface area contributed by atoms with Crippen LogP contribution < -0.4 is 5.32 Å². The van der Waals surface area contributed by atoms with Gasteiger partial charge in [0.1, 0.15) is 0 Å². The lowest BCUT2D eigenvalue weighted by molar-refractivity contribution is -0.143. The van der Waals surface area contributed by atoms with Crippen LogP contribution >= 0.6 is 0 Å². The van der Waals surface area contributed by atoms with Gasteiger partial charge in [0, 0.05) is 12.8 Å². The summed E-state index contributed by atoms with van der Waals surface area (Å²) in [5.74, 6) is -0.0323. The van der Waals surface area contributed by atoms with Crippen molar-refractivity contribution in [2.24, 2.45) is 0 Å². The number of carbonyl (C=O) groups excluding carboxylic acids is 2. The predicted octanol–water partition coefficient (Wildman–Crippen LogP) is 18.5. The zero-order chi connectivity index (χ0) is 47.9. The van der Waals surface area contributed by atoms with E-state index in [0.29, 0.717) is 25.9 Å². The molecule has 2 atom stereocenters. The highest BCUT2D eigenvalue weighted by Gasteiger charge is 2.20. The van der Waals surface area contributed by atoms with Crippen molar-refractivity contribution in [3.05, 3.63) is 12.2 Å². The van der Waals surface area contributed by atoms with Crippen molar-refractivity contribution in [1.82, 2.24) is 5.32 Å². The van der Waals surface area contributed by atoms with Crippen molar-refractivity contribution >= 4 is 11.9 Å². The van der Waals surface area contributed by atoms with Crippen LogP contribution in [0, 0.1) is 0 Å². The summed E-state index contributed by atoms with van der Waals surface area (Å²) in [7, 11) is 0. The van der Waals surface area contributed by atoms with Gasteiger partial charge in [-0.2, -0.15) is 0 Å². The third-order valence-electron chi connectivity index (χ3n) is 14.1. The summed E-state index contributed by atoms with van der Waals surface area (Å²) in [6.07, 6.45) is 66.3. The molecular formula is C60H117NO5. The molecule has 0 saturated carbocycles. The Kier molecular flexibility index (Phi) is 55.0. The first kappa shape index (κ1) is 64.6. The Morgan fingerprint density at radius 2 is 0.712 bits per heavy atom. The Morgan fingerprint density at radius 1 is 0.409 bits per heavy atom. The highest BCUT2D eigenvalue weighted by molar-refractivity contribution is 5.76. The van der Waals surface area contributed by atoms with E-state index in [9.17, 15) is 19.8 Å². The molecule has 3 N–H and O–H groups in total. The maximum absolute atomic E-state index is 12.5. The number of nitrogens with one attached hydrogen (secondary N) is 1. The van der Waals surface area contributed by atoms with Gasteiger partial charge in [-0.05, 0) is 51.4 Å². The summed E-state index contributed by atoms with van der Waals surface area (Å²) in [5, 5.41) is 23.3. The topological polar surface area (TPSA) is 95.9 Å². The molecule has 0 spiro atoms. The molecule has 0 bridgehead atoms. The third kappa shape index (κ3) is 52.0. The molecule has 0 fully saturated rings. The number of amides is 1. The standard InChI is InChI=1S/C60H117NO5/c1-3-5-7-9-11-13-15-17-25-28-32-36-40-44-48-52-58(63)57(56-62)61-59(64)53-49-45-41-37-33-29-26-23-21-19-20-22-24-27-31-35-39-43-47-51-55-66-60(65)54-50-46-42-38-34-30-18-16-14-12-10-8-6-4-2/h19,21,57-58,62-63H,3-18,20,22-56H2,1-2H3,(H,61,64)/b21-19-. The van der Waals surface area contributed by atoms with Crippen LogP contribution in [0.5, 0.6) is 0 Å². The summed E-state index contributed by atoms with van der Waals surface area (Å²) in [5.41, 5.74) is 0. The van der Waals surface area contributed by atoms with Gasteiger partial charge in [-0.3, -0.25) is 9.59 Å². The van der Waals surface area contributed by atoms with Crippen molar-refractivity contribution in [1.29, 1.82) is 0 Å². The molecule has 6 heteroatoms. The molecular weight excluding hydrogens is 815 g/mol. The molecule has 0 aliphatic carbocycles. The highest BCUT2D eigenvalue weighted by Crippen LogP contribution is 2.17. The van der Waals surface area contributed by atoms with Crippen LogP contribution in [0.3, 0.4) is 0 Å². The smallest absolute Gasteiger partial charge is 0.305 e. The Labute approximate surface area is 412 Å². The van der Waals surface area contributed by atoms with E-state index in [-0.39, 0.29) is 18.5 Å². The van der Waals surface area contributed by atoms with Crippen LogP contribution in [0.2, 0.25) is 0 Å². The van der Waals surface area contributed by atoms with Crippen LogP contribution in [0.1, 0.15) is 335 Å². The minimum absolute atomic E-state index is 0.00909. The maximum atomic E-state index is 12.5. The van der Waals surface area contributed by atoms with E-state index < -0.39 is 12.1 Å². The van der Waals surface area contributed by atoms with Crippen molar-refractivity contribution in [2.45, 2.75) is 347 Å². The van der Waals surface area contributed by atoms with Crippen LogP contribution in [0.15, 0.2) is 12.2 Å². The number of allylic oxidation sites excluding steroid dienone is 2. The molecule has 6 nitrogen and oxygen atoms in total. The number of unbranched alkanes of at least 4 members (excludes halogenated alkanes) is 43. The van der Waals surface area contributed by atoms with Crippen molar-refractivity contribution < 1.29 is 24.5 Å². The molecule has 1 amide bonds. The molecule has 0 aromatic rings. The second-order valence-corrected chi connectivity index (χ2v) is 20.7. The van der Waals surface area contributed by atoms with E-state index in [1.807, 2.05) is 0 Å². The fraction of sp³-hybridized carbons (Fsp3) is 0.933. The zero-order valence-corrected chi connectivity index (χ0v) is 44.7. The molecule has 0 heterocycles. The van der Waals surface area contributed by atoms with Crippen LogP contribution in [0.4, 0.5) is 0 Å². The van der Waals surface area contributed by atoms with Crippen LogP contribution in [-0.2, 0) is 14.3 Å². The molecule has 2 unspecified atom stereocenters. The molecule has 66 heavy (non-hydrogen) atoms. The predicted molar refractivity (Wildman–Crippen MR) is 287 cm³/mol. The summed E-state index contributed by atoms with van der Waals surface area (Å²) < 4.78 is 5.48. The Balaban J connectivity index is 3.42. The summed E-state index contributed by atoms with van der Waals surface area (Å²) in [6, 6.07) is -0.547. The summed E-state index contributed by atoms with van der Waals surface area (Å²) in [4.78, 5) is 24.5. The normalized spacial score (nSPS) is 12.6. The first-order valence-electron chi connectivity index (χ1n) is 29.9. The van der Waals surface area contributed by atoms with Crippen LogP contribution in [-0.4, -0.2) is 47.4 Å². The monoisotopic (exact) mass is 932 g/mol. The minimum atomic E-state index is -0.669.